The van der Waals surface area contributed by atoms with Crippen LogP contribution in [0.1, 0.15) is 24.8 Å². The molecule has 1 aliphatic heterocycles. The number of carboxylic acid groups (broad SMARTS) is 1. The van der Waals surface area contributed by atoms with E-state index >= 15 is 0 Å². The van der Waals surface area contributed by atoms with E-state index in [4.69, 9.17) is 5.11 Å². The molecule has 1 saturated heterocycles. The number of carbonyl (C=O) groups is 2. The first-order valence-electron chi connectivity index (χ1n) is 7.15. The molecule has 0 spiro atoms. The molecule has 1 unspecified atom stereocenters. The van der Waals surface area contributed by atoms with Gasteiger partial charge in [0, 0.05) is 18.5 Å². The van der Waals surface area contributed by atoms with E-state index in [2.05, 4.69) is 5.32 Å². The first-order valence-corrected chi connectivity index (χ1v) is 8.97. The lowest BCUT2D eigenvalue weighted by Gasteiger charge is -2.10. The zero-order valence-corrected chi connectivity index (χ0v) is 12.9. The van der Waals surface area contributed by atoms with Crippen molar-refractivity contribution in [1.82, 2.24) is 0 Å². The Balaban J connectivity index is 1.88. The molecule has 1 aliphatic rings. The third-order valence-electron chi connectivity index (χ3n) is 3.64. The minimum atomic E-state index is -2.97. The topological polar surface area (TPSA) is 101 Å². The van der Waals surface area contributed by atoms with E-state index in [-0.39, 0.29) is 36.2 Å². The SMILES string of the molecule is O=C(O)CCc1cccc(NC(=O)CC2CCS(=O)(=O)C2)c1. The zero-order valence-electron chi connectivity index (χ0n) is 12.1. The highest BCUT2D eigenvalue weighted by Gasteiger charge is 2.29. The number of amides is 1. The minimum Gasteiger partial charge on any atom is -0.481 e. The molecule has 1 aromatic rings. The predicted octanol–water partition coefficient (Wildman–Crippen LogP) is 1.47. The lowest BCUT2D eigenvalue weighted by molar-refractivity contribution is -0.137. The maximum absolute atomic E-state index is 12.0. The summed E-state index contributed by atoms with van der Waals surface area (Å²) in [6.45, 7) is 0. The summed E-state index contributed by atoms with van der Waals surface area (Å²) in [6.07, 6.45) is 1.17. The highest BCUT2D eigenvalue weighted by Crippen LogP contribution is 2.22. The monoisotopic (exact) mass is 325 g/mol. The van der Waals surface area contributed by atoms with Crippen molar-refractivity contribution in [1.29, 1.82) is 0 Å². The van der Waals surface area contributed by atoms with Gasteiger partial charge in [-0.1, -0.05) is 12.1 Å². The third kappa shape index (κ3) is 5.14. The number of carbonyl (C=O) groups excluding carboxylic acids is 1. The summed E-state index contributed by atoms with van der Waals surface area (Å²) in [5.41, 5.74) is 1.44. The van der Waals surface area contributed by atoms with Crippen molar-refractivity contribution in [2.75, 3.05) is 16.8 Å². The number of benzene rings is 1. The van der Waals surface area contributed by atoms with Crippen LogP contribution >= 0.6 is 0 Å². The number of aliphatic carboxylic acids is 1. The number of nitrogens with one attached hydrogen (secondary N) is 1. The number of sulfone groups is 1. The molecule has 1 atom stereocenters. The molecule has 1 fully saturated rings. The minimum absolute atomic E-state index is 0.0390. The summed E-state index contributed by atoms with van der Waals surface area (Å²) in [4.78, 5) is 22.5. The summed E-state index contributed by atoms with van der Waals surface area (Å²) in [5, 5.41) is 11.4. The molecular formula is C15H19NO5S. The molecule has 1 heterocycles. The van der Waals surface area contributed by atoms with E-state index in [0.717, 1.165) is 5.56 Å². The molecule has 0 radical (unpaired) electrons. The van der Waals surface area contributed by atoms with Gasteiger partial charge in [0.25, 0.3) is 0 Å². The van der Waals surface area contributed by atoms with Gasteiger partial charge in [0.15, 0.2) is 9.84 Å². The number of rotatable bonds is 6. The van der Waals surface area contributed by atoms with Crippen molar-refractivity contribution in [3.8, 4) is 0 Å². The fourth-order valence-corrected chi connectivity index (χ4v) is 4.42. The van der Waals surface area contributed by atoms with Crippen LogP contribution in [0.2, 0.25) is 0 Å². The predicted molar refractivity (Wildman–Crippen MR) is 82.4 cm³/mol. The standard InChI is InChI=1S/C15H19NO5S/c17-14(9-12-6-7-22(20,21)10-12)16-13-3-1-2-11(8-13)4-5-15(18)19/h1-3,8,12H,4-7,9-10H2,(H,16,17)(H,18,19). The average Bonchev–Trinajstić information content (AvgIpc) is 2.75. The first kappa shape index (κ1) is 16.5. The van der Waals surface area contributed by atoms with E-state index in [9.17, 15) is 18.0 Å². The van der Waals surface area contributed by atoms with E-state index in [1.165, 1.54) is 0 Å². The summed E-state index contributed by atoms with van der Waals surface area (Å²) < 4.78 is 22.7. The van der Waals surface area contributed by atoms with Crippen LogP contribution < -0.4 is 5.32 Å². The Morgan fingerprint density at radius 2 is 2.09 bits per heavy atom. The number of aryl methyl sites for hydroxylation is 1. The normalized spacial score (nSPS) is 19.7. The number of hydrogen-bond acceptors (Lipinski definition) is 4. The fourth-order valence-electron chi connectivity index (χ4n) is 2.56. The summed E-state index contributed by atoms with van der Waals surface area (Å²) in [7, 11) is -2.97. The van der Waals surface area contributed by atoms with Gasteiger partial charge in [-0.05, 0) is 36.5 Å². The lowest BCUT2D eigenvalue weighted by Crippen LogP contribution is -2.17. The molecule has 2 rings (SSSR count). The van der Waals surface area contributed by atoms with Crippen LogP contribution in [-0.2, 0) is 25.8 Å². The molecule has 7 heteroatoms. The van der Waals surface area contributed by atoms with Gasteiger partial charge in [0.2, 0.25) is 5.91 Å². The van der Waals surface area contributed by atoms with Crippen LogP contribution in [0.5, 0.6) is 0 Å². The molecule has 120 valence electrons. The Bertz CT molecular complexity index is 668. The Labute approximate surface area is 129 Å². The second-order valence-corrected chi connectivity index (χ2v) is 7.84. The van der Waals surface area contributed by atoms with Gasteiger partial charge < -0.3 is 10.4 Å². The molecule has 0 saturated carbocycles. The smallest absolute Gasteiger partial charge is 0.303 e. The molecule has 1 aromatic carbocycles. The number of anilines is 1. The second kappa shape index (κ2) is 6.91. The fraction of sp³-hybridized carbons (Fsp3) is 0.467. The van der Waals surface area contributed by atoms with Crippen LogP contribution in [0.15, 0.2) is 24.3 Å². The largest absolute Gasteiger partial charge is 0.481 e. The molecule has 0 aliphatic carbocycles. The van der Waals surface area contributed by atoms with Crippen molar-refractivity contribution in [2.24, 2.45) is 5.92 Å². The number of hydrogen-bond donors (Lipinski definition) is 2. The lowest BCUT2D eigenvalue weighted by atomic mass is 10.0. The molecular weight excluding hydrogens is 306 g/mol. The quantitative estimate of drug-likeness (QED) is 0.825. The first-order chi connectivity index (χ1) is 10.3. The second-order valence-electron chi connectivity index (χ2n) is 5.62. The van der Waals surface area contributed by atoms with Gasteiger partial charge in [-0.25, -0.2) is 8.42 Å². The van der Waals surface area contributed by atoms with Crippen molar-refractivity contribution in [3.05, 3.63) is 29.8 Å². The Morgan fingerprint density at radius 3 is 2.73 bits per heavy atom. The van der Waals surface area contributed by atoms with Crippen LogP contribution in [0, 0.1) is 5.92 Å². The third-order valence-corrected chi connectivity index (χ3v) is 5.48. The maximum Gasteiger partial charge on any atom is 0.303 e. The van der Waals surface area contributed by atoms with E-state index in [1.54, 1.807) is 18.2 Å². The van der Waals surface area contributed by atoms with E-state index in [1.807, 2.05) is 6.07 Å². The van der Waals surface area contributed by atoms with Gasteiger partial charge >= 0.3 is 5.97 Å². The summed E-state index contributed by atoms with van der Waals surface area (Å²) in [5.74, 6) is -0.941. The summed E-state index contributed by atoms with van der Waals surface area (Å²) in [6, 6.07) is 7.04. The maximum atomic E-state index is 12.0. The molecule has 1 amide bonds. The van der Waals surface area contributed by atoms with Crippen LogP contribution in [0.25, 0.3) is 0 Å². The molecule has 6 nitrogen and oxygen atoms in total. The highest BCUT2D eigenvalue weighted by molar-refractivity contribution is 7.91. The van der Waals surface area contributed by atoms with Gasteiger partial charge in [-0.2, -0.15) is 0 Å². The van der Waals surface area contributed by atoms with Gasteiger partial charge in [-0.15, -0.1) is 0 Å². The molecule has 2 N–H and O–H groups in total. The van der Waals surface area contributed by atoms with Gasteiger partial charge in [0.05, 0.1) is 11.5 Å². The Kier molecular flexibility index (Phi) is 5.18. The molecule has 22 heavy (non-hydrogen) atoms. The summed E-state index contributed by atoms with van der Waals surface area (Å²) >= 11 is 0. The zero-order chi connectivity index (χ0) is 16.2. The Hall–Kier alpha value is -1.89. The van der Waals surface area contributed by atoms with E-state index in [0.29, 0.717) is 18.5 Å². The van der Waals surface area contributed by atoms with Crippen LogP contribution in [0.4, 0.5) is 5.69 Å². The van der Waals surface area contributed by atoms with Gasteiger partial charge in [-0.3, -0.25) is 9.59 Å². The van der Waals surface area contributed by atoms with Crippen molar-refractivity contribution in [3.63, 3.8) is 0 Å². The average molecular weight is 325 g/mol. The van der Waals surface area contributed by atoms with Crippen molar-refractivity contribution < 1.29 is 23.1 Å². The molecule has 0 bridgehead atoms. The Morgan fingerprint density at radius 1 is 1.32 bits per heavy atom. The highest BCUT2D eigenvalue weighted by atomic mass is 32.2. The van der Waals surface area contributed by atoms with Crippen molar-refractivity contribution in [2.45, 2.75) is 25.7 Å². The molecule has 0 aromatic heterocycles. The van der Waals surface area contributed by atoms with E-state index < -0.39 is 15.8 Å². The van der Waals surface area contributed by atoms with Crippen LogP contribution in [0.3, 0.4) is 0 Å². The number of carboxylic acids is 1. The van der Waals surface area contributed by atoms with Crippen LogP contribution in [-0.4, -0.2) is 36.9 Å². The van der Waals surface area contributed by atoms with Gasteiger partial charge in [0.1, 0.15) is 0 Å². The van der Waals surface area contributed by atoms with Crippen molar-refractivity contribution >= 4 is 27.4 Å².